The predicted octanol–water partition coefficient (Wildman–Crippen LogP) is 4.25. The minimum Gasteiger partial charge on any atom is -0.494 e. The Morgan fingerprint density at radius 1 is 0.697 bits per heavy atom. The van der Waals surface area contributed by atoms with Gasteiger partial charge in [0.2, 0.25) is 0 Å². The Labute approximate surface area is 194 Å². The van der Waals surface area contributed by atoms with Gasteiger partial charge < -0.3 is 20.9 Å². The molecule has 3 aromatic rings. The van der Waals surface area contributed by atoms with E-state index in [-0.39, 0.29) is 11.7 Å². The van der Waals surface area contributed by atoms with E-state index in [9.17, 15) is 0 Å². The van der Waals surface area contributed by atoms with Crippen LogP contribution in [0.25, 0.3) is 0 Å². The first-order chi connectivity index (χ1) is 15.9. The van der Waals surface area contributed by atoms with Crippen LogP contribution in [0.15, 0.2) is 77.8 Å². The minimum absolute atomic E-state index is 0.0441. The molecule has 0 spiro atoms. The van der Waals surface area contributed by atoms with Crippen molar-refractivity contribution < 1.29 is 9.47 Å². The van der Waals surface area contributed by atoms with Crippen LogP contribution in [-0.4, -0.2) is 30.7 Å². The molecule has 7 heteroatoms. The zero-order valence-corrected chi connectivity index (χ0v) is 18.7. The molecule has 0 radical (unpaired) electrons. The number of hydrogen-bond acceptors (Lipinski definition) is 4. The van der Waals surface area contributed by atoms with E-state index in [0.717, 1.165) is 35.5 Å². The van der Waals surface area contributed by atoms with Crippen LogP contribution in [-0.2, 0) is 0 Å². The fourth-order valence-electron chi connectivity index (χ4n) is 3.00. The Balaban J connectivity index is 1.39. The van der Waals surface area contributed by atoms with Crippen LogP contribution in [0.4, 0.5) is 0 Å². The Kier molecular flexibility index (Phi) is 8.18. The molecule has 6 N–H and O–H groups in total. The van der Waals surface area contributed by atoms with Crippen molar-refractivity contribution in [2.24, 2.45) is 16.5 Å². The topological polar surface area (TPSA) is 131 Å². The average Bonchev–Trinajstić information content (AvgIpc) is 2.82. The minimum atomic E-state index is 0.0441. The molecule has 0 fully saturated rings. The summed E-state index contributed by atoms with van der Waals surface area (Å²) in [5.74, 6) is 1.96. The largest absolute Gasteiger partial charge is 0.494 e. The summed E-state index contributed by atoms with van der Waals surface area (Å²) in [6, 6.07) is 22.1. The first-order valence-electron chi connectivity index (χ1n) is 10.7. The van der Waals surface area contributed by atoms with Crippen molar-refractivity contribution in [3.8, 4) is 11.5 Å². The lowest BCUT2D eigenvalue weighted by molar-refractivity contribution is 0.266. The fraction of sp³-hybridized carbons (Fsp3) is 0.192. The number of nitrogens with zero attached hydrogens (tertiary/aromatic N) is 1. The smallest absolute Gasteiger partial charge is 0.154 e. The van der Waals surface area contributed by atoms with Crippen molar-refractivity contribution in [2.45, 2.75) is 19.8 Å². The van der Waals surface area contributed by atoms with E-state index in [1.54, 1.807) is 24.3 Å². The normalized spacial score (nSPS) is 11.1. The number of amidine groups is 3. The van der Waals surface area contributed by atoms with E-state index in [1.807, 2.05) is 55.5 Å². The zero-order valence-electron chi connectivity index (χ0n) is 18.7. The van der Waals surface area contributed by atoms with Gasteiger partial charge in [-0.15, -0.1) is 0 Å². The van der Waals surface area contributed by atoms with Gasteiger partial charge in [0.25, 0.3) is 0 Å². The predicted molar refractivity (Wildman–Crippen MR) is 133 cm³/mol. The van der Waals surface area contributed by atoms with Gasteiger partial charge in [0.05, 0.1) is 13.2 Å². The molecule has 0 saturated heterocycles. The molecule has 0 bridgehead atoms. The van der Waals surface area contributed by atoms with Crippen LogP contribution in [0, 0.1) is 17.7 Å². The standard InChI is InChI=1S/C26H29N5O2/c1-18-4-6-20(7-5-18)25(29)31-26(30)21-10-14-23(15-11-21)33-17-3-2-16-32-22-12-8-19(9-13-22)24(27)28/h4-15H,2-3,16-17H2,1H3,(H3,27,28)(H3,29,30,31). The van der Waals surface area contributed by atoms with Crippen LogP contribution in [0.2, 0.25) is 0 Å². The molecule has 3 rings (SSSR count). The van der Waals surface area contributed by atoms with Gasteiger partial charge in [-0.3, -0.25) is 10.8 Å². The average molecular weight is 444 g/mol. The van der Waals surface area contributed by atoms with Crippen molar-refractivity contribution in [1.29, 1.82) is 10.8 Å². The summed E-state index contributed by atoms with van der Waals surface area (Å²) in [7, 11) is 0. The first kappa shape index (κ1) is 23.5. The third kappa shape index (κ3) is 7.21. The third-order valence-corrected chi connectivity index (χ3v) is 4.95. The summed E-state index contributed by atoms with van der Waals surface area (Å²) >= 11 is 0. The molecule has 0 amide bonds. The van der Waals surface area contributed by atoms with Gasteiger partial charge in [-0.2, -0.15) is 0 Å². The van der Waals surface area contributed by atoms with Gasteiger partial charge in [-0.05, 0) is 68.3 Å². The van der Waals surface area contributed by atoms with Crippen molar-refractivity contribution in [3.63, 3.8) is 0 Å². The summed E-state index contributed by atoms with van der Waals surface area (Å²) in [6.45, 7) is 3.16. The molecule has 0 aliphatic carbocycles. The molecule has 0 aliphatic rings. The second-order valence-electron chi connectivity index (χ2n) is 7.58. The van der Waals surface area contributed by atoms with Crippen LogP contribution in [0.5, 0.6) is 11.5 Å². The highest BCUT2D eigenvalue weighted by Crippen LogP contribution is 2.15. The third-order valence-electron chi connectivity index (χ3n) is 4.95. The number of benzene rings is 3. The highest BCUT2D eigenvalue weighted by atomic mass is 16.5. The first-order valence-corrected chi connectivity index (χ1v) is 10.7. The quantitative estimate of drug-likeness (QED) is 0.212. The summed E-state index contributed by atoms with van der Waals surface area (Å²) in [5, 5.41) is 15.6. The van der Waals surface area contributed by atoms with Crippen LogP contribution < -0.4 is 20.9 Å². The lowest BCUT2D eigenvalue weighted by Crippen LogP contribution is -2.15. The van der Waals surface area contributed by atoms with Crippen LogP contribution in [0.3, 0.4) is 0 Å². The fourth-order valence-corrected chi connectivity index (χ4v) is 3.00. The Hall–Kier alpha value is -4.13. The van der Waals surface area contributed by atoms with E-state index in [2.05, 4.69) is 4.99 Å². The van der Waals surface area contributed by atoms with E-state index in [4.69, 9.17) is 31.8 Å². The van der Waals surface area contributed by atoms with Gasteiger partial charge in [0.15, 0.2) is 5.84 Å². The number of rotatable bonds is 10. The maximum Gasteiger partial charge on any atom is 0.154 e. The number of nitrogens with two attached hydrogens (primary N) is 2. The van der Waals surface area contributed by atoms with E-state index >= 15 is 0 Å². The van der Waals surface area contributed by atoms with Crippen molar-refractivity contribution in [3.05, 3.63) is 95.1 Å². The molecule has 33 heavy (non-hydrogen) atoms. The Morgan fingerprint density at radius 2 is 1.15 bits per heavy atom. The maximum atomic E-state index is 8.20. The molecule has 170 valence electrons. The van der Waals surface area contributed by atoms with Gasteiger partial charge >= 0.3 is 0 Å². The van der Waals surface area contributed by atoms with E-state index in [1.165, 1.54) is 0 Å². The van der Waals surface area contributed by atoms with Gasteiger partial charge in [-0.25, -0.2) is 4.99 Å². The Bertz CT molecular complexity index is 1100. The van der Waals surface area contributed by atoms with Crippen molar-refractivity contribution in [1.82, 2.24) is 0 Å². The monoisotopic (exact) mass is 443 g/mol. The number of nitrogen functional groups attached to an aromatic ring is 1. The number of aliphatic imine (C=N–C) groups is 1. The lowest BCUT2D eigenvalue weighted by atomic mass is 10.1. The van der Waals surface area contributed by atoms with Gasteiger partial charge in [-0.1, -0.05) is 29.8 Å². The summed E-state index contributed by atoms with van der Waals surface area (Å²) in [5.41, 5.74) is 14.8. The van der Waals surface area contributed by atoms with Gasteiger partial charge in [0.1, 0.15) is 23.2 Å². The molecule has 0 heterocycles. The lowest BCUT2D eigenvalue weighted by Gasteiger charge is -2.09. The number of hydrogen-bond donors (Lipinski definition) is 4. The molecule has 0 aliphatic heterocycles. The number of nitrogens with one attached hydrogen (secondary N) is 2. The maximum absolute atomic E-state index is 8.20. The molecule has 0 saturated carbocycles. The number of unbranched alkanes of at least 4 members (excludes halogenated alkanes) is 1. The molecule has 3 aromatic carbocycles. The van der Waals surface area contributed by atoms with Crippen molar-refractivity contribution in [2.75, 3.05) is 13.2 Å². The summed E-state index contributed by atoms with van der Waals surface area (Å²) in [4.78, 5) is 4.22. The SMILES string of the molecule is Cc1ccc(C(N)=NC(=N)c2ccc(OCCCCOc3ccc(C(=N)N)cc3)cc2)cc1. The number of aryl methyl sites for hydroxylation is 1. The second-order valence-corrected chi connectivity index (χ2v) is 7.58. The zero-order chi connectivity index (χ0) is 23.6. The van der Waals surface area contributed by atoms with E-state index < -0.39 is 0 Å². The molecule has 7 nitrogen and oxygen atoms in total. The molecule has 0 atom stereocenters. The molecular weight excluding hydrogens is 414 g/mol. The van der Waals surface area contributed by atoms with E-state index in [0.29, 0.717) is 30.2 Å². The summed E-state index contributed by atoms with van der Waals surface area (Å²) < 4.78 is 11.5. The highest BCUT2D eigenvalue weighted by Gasteiger charge is 2.04. The van der Waals surface area contributed by atoms with Crippen LogP contribution in [0.1, 0.15) is 35.1 Å². The van der Waals surface area contributed by atoms with Crippen molar-refractivity contribution >= 4 is 17.5 Å². The Morgan fingerprint density at radius 3 is 1.64 bits per heavy atom. The second kappa shape index (κ2) is 11.5. The molecular formula is C26H29N5O2. The number of ether oxygens (including phenoxy) is 2. The molecule has 0 unspecified atom stereocenters. The van der Waals surface area contributed by atoms with Crippen LogP contribution >= 0.6 is 0 Å². The summed E-state index contributed by atoms with van der Waals surface area (Å²) in [6.07, 6.45) is 1.70. The molecule has 0 aromatic heterocycles. The van der Waals surface area contributed by atoms with Gasteiger partial charge in [0, 0.05) is 16.7 Å². The highest BCUT2D eigenvalue weighted by molar-refractivity contribution is 6.09.